The van der Waals surface area contributed by atoms with Crippen LogP contribution in [-0.2, 0) is 17.7 Å². The summed E-state index contributed by atoms with van der Waals surface area (Å²) in [6.07, 6.45) is 2.57. The van der Waals surface area contributed by atoms with E-state index in [2.05, 4.69) is 9.97 Å². The zero-order valence-electron chi connectivity index (χ0n) is 14.8. The average molecular weight is 367 g/mol. The van der Waals surface area contributed by atoms with Crippen molar-refractivity contribution in [3.05, 3.63) is 83.1 Å². The predicted molar refractivity (Wildman–Crippen MR) is 94.4 cm³/mol. The summed E-state index contributed by atoms with van der Waals surface area (Å²) in [5, 5.41) is 0. The van der Waals surface area contributed by atoms with Crippen molar-refractivity contribution in [1.29, 1.82) is 0 Å². The zero-order valence-corrected chi connectivity index (χ0v) is 14.8. The summed E-state index contributed by atoms with van der Waals surface area (Å²) in [6, 6.07) is 10.9. The van der Waals surface area contributed by atoms with Crippen molar-refractivity contribution >= 4 is 5.91 Å². The maximum Gasteiger partial charge on any atom is 0.255 e. The number of pyridine rings is 1. The number of fused-ring (bicyclic) bond motifs is 1. The number of amides is 1. The molecule has 0 saturated carbocycles. The lowest BCUT2D eigenvalue weighted by atomic mass is 10.1. The van der Waals surface area contributed by atoms with Crippen molar-refractivity contribution in [1.82, 2.24) is 14.9 Å². The van der Waals surface area contributed by atoms with E-state index in [0.717, 1.165) is 17.5 Å². The molecule has 2 aromatic heterocycles. The van der Waals surface area contributed by atoms with Crippen molar-refractivity contribution in [2.24, 2.45) is 0 Å². The van der Waals surface area contributed by atoms with Gasteiger partial charge in [-0.2, -0.15) is 0 Å². The third-order valence-corrected chi connectivity index (χ3v) is 4.55. The summed E-state index contributed by atoms with van der Waals surface area (Å²) in [7, 11) is 1.60. The summed E-state index contributed by atoms with van der Waals surface area (Å²) >= 11 is 0. The Balaban J connectivity index is 1.56. The predicted octanol–water partition coefficient (Wildman–Crippen LogP) is 3.14. The van der Waals surface area contributed by atoms with Gasteiger partial charge in [0.2, 0.25) is 5.89 Å². The fourth-order valence-corrected chi connectivity index (χ4v) is 3.22. The maximum atomic E-state index is 13.4. The molecule has 0 saturated heterocycles. The van der Waals surface area contributed by atoms with E-state index in [4.69, 9.17) is 9.15 Å². The first kappa shape index (κ1) is 17.4. The monoisotopic (exact) mass is 367 g/mol. The molecule has 1 unspecified atom stereocenters. The molecule has 0 spiro atoms. The molecule has 1 aliphatic rings. The van der Waals surface area contributed by atoms with Gasteiger partial charge in [-0.1, -0.05) is 30.3 Å². The van der Waals surface area contributed by atoms with E-state index in [1.54, 1.807) is 12.0 Å². The van der Waals surface area contributed by atoms with Gasteiger partial charge in [-0.25, -0.2) is 9.37 Å². The molecule has 0 bridgehead atoms. The van der Waals surface area contributed by atoms with Gasteiger partial charge >= 0.3 is 0 Å². The van der Waals surface area contributed by atoms with Gasteiger partial charge in [-0.15, -0.1) is 0 Å². The van der Waals surface area contributed by atoms with Gasteiger partial charge in [-0.3, -0.25) is 9.78 Å². The Morgan fingerprint density at radius 1 is 1.30 bits per heavy atom. The van der Waals surface area contributed by atoms with E-state index in [9.17, 15) is 9.18 Å². The van der Waals surface area contributed by atoms with Crippen LogP contribution in [0.15, 0.2) is 53.2 Å². The highest BCUT2D eigenvalue weighted by atomic mass is 19.1. The highest BCUT2D eigenvalue weighted by Crippen LogP contribution is 2.29. The molecule has 1 aliphatic heterocycles. The van der Waals surface area contributed by atoms with Crippen LogP contribution >= 0.6 is 0 Å². The third kappa shape index (κ3) is 3.46. The number of ether oxygens (including phenoxy) is 1. The largest absolute Gasteiger partial charge is 0.442 e. The molecule has 4 rings (SSSR count). The van der Waals surface area contributed by atoms with Crippen LogP contribution in [0.4, 0.5) is 4.39 Å². The molecule has 3 aromatic rings. The quantitative estimate of drug-likeness (QED) is 0.709. The Morgan fingerprint density at radius 2 is 2.11 bits per heavy atom. The number of hydrogen-bond acceptors (Lipinski definition) is 5. The Morgan fingerprint density at radius 3 is 2.85 bits per heavy atom. The summed E-state index contributed by atoms with van der Waals surface area (Å²) in [4.78, 5) is 22.5. The summed E-state index contributed by atoms with van der Waals surface area (Å²) < 4.78 is 24.8. The van der Waals surface area contributed by atoms with E-state index in [-0.39, 0.29) is 11.5 Å². The number of rotatable bonds is 4. The molecule has 0 N–H and O–H groups in total. The lowest BCUT2D eigenvalue weighted by Crippen LogP contribution is -2.35. The van der Waals surface area contributed by atoms with Crippen LogP contribution in [0.5, 0.6) is 0 Å². The maximum absolute atomic E-state index is 13.4. The number of carbonyl (C=O) groups excluding carboxylic acids is 1. The first-order valence-electron chi connectivity index (χ1n) is 8.61. The molecule has 1 amide bonds. The Bertz CT molecular complexity index is 958. The second kappa shape index (κ2) is 7.28. The van der Waals surface area contributed by atoms with Crippen LogP contribution in [0.3, 0.4) is 0 Å². The fourth-order valence-electron chi connectivity index (χ4n) is 3.22. The smallest absolute Gasteiger partial charge is 0.255 e. The highest BCUT2D eigenvalue weighted by molar-refractivity contribution is 5.94. The molecule has 1 aromatic carbocycles. The Labute approximate surface area is 155 Å². The van der Waals surface area contributed by atoms with E-state index < -0.39 is 11.9 Å². The van der Waals surface area contributed by atoms with Crippen LogP contribution in [0.2, 0.25) is 0 Å². The van der Waals surface area contributed by atoms with Crippen LogP contribution in [0.25, 0.3) is 0 Å². The van der Waals surface area contributed by atoms with Gasteiger partial charge in [0.1, 0.15) is 17.3 Å². The number of carbonyl (C=O) groups is 1. The van der Waals surface area contributed by atoms with E-state index >= 15 is 0 Å². The SMILES string of the molecule is COC(c1ccccc1)c1nc2c(o1)CCN(C(=O)c1cncc(F)c1)C2. The van der Waals surface area contributed by atoms with Gasteiger partial charge in [0.15, 0.2) is 6.10 Å². The van der Waals surface area contributed by atoms with Crippen molar-refractivity contribution < 1.29 is 18.3 Å². The minimum Gasteiger partial charge on any atom is -0.442 e. The minimum absolute atomic E-state index is 0.223. The summed E-state index contributed by atoms with van der Waals surface area (Å²) in [5.74, 6) is 0.413. The van der Waals surface area contributed by atoms with Crippen molar-refractivity contribution in [3.8, 4) is 0 Å². The van der Waals surface area contributed by atoms with Gasteiger partial charge in [0, 0.05) is 26.3 Å². The fraction of sp³-hybridized carbons (Fsp3) is 0.250. The highest BCUT2D eigenvalue weighted by Gasteiger charge is 2.29. The summed E-state index contributed by atoms with van der Waals surface area (Å²) in [5.41, 5.74) is 1.87. The second-order valence-electron chi connectivity index (χ2n) is 6.32. The van der Waals surface area contributed by atoms with E-state index in [1.807, 2.05) is 30.3 Å². The Kier molecular flexibility index (Phi) is 4.68. The van der Waals surface area contributed by atoms with Crippen molar-refractivity contribution in [3.63, 3.8) is 0 Å². The van der Waals surface area contributed by atoms with Crippen molar-refractivity contribution in [2.45, 2.75) is 19.1 Å². The molecule has 1 atom stereocenters. The molecule has 0 fully saturated rings. The van der Waals surface area contributed by atoms with Gasteiger partial charge < -0.3 is 14.1 Å². The van der Waals surface area contributed by atoms with Crippen LogP contribution in [0, 0.1) is 5.82 Å². The van der Waals surface area contributed by atoms with Crippen LogP contribution in [0.1, 0.15) is 39.4 Å². The van der Waals surface area contributed by atoms with E-state index in [0.29, 0.717) is 31.1 Å². The first-order chi connectivity index (χ1) is 13.2. The second-order valence-corrected chi connectivity index (χ2v) is 6.32. The zero-order chi connectivity index (χ0) is 18.8. The number of aromatic nitrogens is 2. The third-order valence-electron chi connectivity index (χ3n) is 4.55. The molecule has 0 radical (unpaired) electrons. The molecular weight excluding hydrogens is 349 g/mol. The molecular formula is C20H18FN3O3. The van der Waals surface area contributed by atoms with E-state index in [1.165, 1.54) is 12.3 Å². The van der Waals surface area contributed by atoms with Gasteiger partial charge in [0.25, 0.3) is 5.91 Å². The van der Waals surface area contributed by atoms with Crippen molar-refractivity contribution in [2.75, 3.05) is 13.7 Å². The molecule has 138 valence electrons. The standard InChI is InChI=1S/C20H18FN3O3/c1-26-18(13-5-3-2-4-6-13)19-23-16-12-24(8-7-17(16)27-19)20(25)14-9-15(21)11-22-10-14/h2-6,9-11,18H,7-8,12H2,1H3. The number of hydrogen-bond donors (Lipinski definition) is 0. The molecule has 6 nitrogen and oxygen atoms in total. The van der Waals surface area contributed by atoms with Crippen LogP contribution in [-0.4, -0.2) is 34.4 Å². The van der Waals surface area contributed by atoms with Gasteiger partial charge in [-0.05, 0) is 11.6 Å². The number of benzene rings is 1. The molecule has 0 aliphatic carbocycles. The number of halogens is 1. The number of oxazole rings is 1. The number of methoxy groups -OCH3 is 1. The number of nitrogens with zero attached hydrogens (tertiary/aromatic N) is 3. The Hall–Kier alpha value is -3.06. The minimum atomic E-state index is -0.534. The molecule has 7 heteroatoms. The summed E-state index contributed by atoms with van der Waals surface area (Å²) in [6.45, 7) is 0.777. The normalized spacial score (nSPS) is 14.7. The first-order valence-corrected chi connectivity index (χ1v) is 8.61. The lowest BCUT2D eigenvalue weighted by molar-refractivity contribution is 0.0726. The van der Waals surface area contributed by atoms with Crippen LogP contribution < -0.4 is 0 Å². The molecule has 27 heavy (non-hydrogen) atoms. The topological polar surface area (TPSA) is 68.5 Å². The lowest BCUT2D eigenvalue weighted by Gasteiger charge is -2.25. The van der Waals surface area contributed by atoms with Gasteiger partial charge in [0.05, 0.1) is 18.3 Å². The molecule has 3 heterocycles. The average Bonchev–Trinajstić information content (AvgIpc) is 3.11.